The predicted octanol–water partition coefficient (Wildman–Crippen LogP) is 2.43. The van der Waals surface area contributed by atoms with E-state index in [1.54, 1.807) is 11.9 Å². The van der Waals surface area contributed by atoms with Crippen molar-refractivity contribution in [3.05, 3.63) is 23.9 Å². The van der Waals surface area contributed by atoms with Crippen molar-refractivity contribution in [1.82, 2.24) is 4.31 Å². The first kappa shape index (κ1) is 7.73. The van der Waals surface area contributed by atoms with Crippen molar-refractivity contribution in [3.63, 3.8) is 0 Å². The SMILES string of the molecule is CCC1=CCN(SC)C=C1. The van der Waals surface area contributed by atoms with Crippen molar-refractivity contribution in [2.24, 2.45) is 0 Å². The zero-order valence-electron chi connectivity index (χ0n) is 6.50. The molecule has 1 aliphatic rings. The molecule has 0 aromatic heterocycles. The van der Waals surface area contributed by atoms with E-state index in [-0.39, 0.29) is 0 Å². The number of hydrogen-bond donors (Lipinski definition) is 0. The number of nitrogens with zero attached hydrogens (tertiary/aromatic N) is 1. The summed E-state index contributed by atoms with van der Waals surface area (Å²) in [6.07, 6.45) is 9.84. The standard InChI is InChI=1S/C8H13NS/c1-3-8-4-6-9(10-2)7-5-8/h4-6H,3,7H2,1-2H3. The highest BCUT2D eigenvalue weighted by atomic mass is 32.2. The van der Waals surface area contributed by atoms with E-state index in [0.29, 0.717) is 0 Å². The molecule has 1 nitrogen and oxygen atoms in total. The van der Waals surface area contributed by atoms with Crippen molar-refractivity contribution in [2.75, 3.05) is 12.8 Å². The monoisotopic (exact) mass is 155 g/mol. The molecule has 0 amide bonds. The molecule has 56 valence electrons. The zero-order chi connectivity index (χ0) is 7.40. The molecule has 0 radical (unpaired) electrons. The molecule has 0 bridgehead atoms. The molecule has 1 rings (SSSR count). The van der Waals surface area contributed by atoms with Gasteiger partial charge in [0.1, 0.15) is 0 Å². The zero-order valence-corrected chi connectivity index (χ0v) is 7.32. The minimum absolute atomic E-state index is 1.06. The van der Waals surface area contributed by atoms with E-state index in [4.69, 9.17) is 0 Å². The van der Waals surface area contributed by atoms with Crippen LogP contribution in [-0.2, 0) is 0 Å². The van der Waals surface area contributed by atoms with Gasteiger partial charge in [0.25, 0.3) is 0 Å². The van der Waals surface area contributed by atoms with Crippen molar-refractivity contribution >= 4 is 11.9 Å². The van der Waals surface area contributed by atoms with Gasteiger partial charge in [0, 0.05) is 19.0 Å². The first-order valence-corrected chi connectivity index (χ1v) is 4.73. The van der Waals surface area contributed by atoms with Gasteiger partial charge in [-0.25, -0.2) is 0 Å². The fourth-order valence-electron chi connectivity index (χ4n) is 0.913. The van der Waals surface area contributed by atoms with E-state index in [0.717, 1.165) is 13.0 Å². The van der Waals surface area contributed by atoms with Crippen LogP contribution in [-0.4, -0.2) is 17.1 Å². The molecule has 1 aliphatic heterocycles. The summed E-state index contributed by atoms with van der Waals surface area (Å²) < 4.78 is 2.21. The number of rotatable bonds is 2. The third-order valence-electron chi connectivity index (χ3n) is 1.63. The van der Waals surface area contributed by atoms with Crippen LogP contribution in [0.5, 0.6) is 0 Å². The van der Waals surface area contributed by atoms with Gasteiger partial charge in [-0.05, 0) is 18.1 Å². The lowest BCUT2D eigenvalue weighted by Crippen LogP contribution is -2.10. The van der Waals surface area contributed by atoms with Gasteiger partial charge in [-0.2, -0.15) is 0 Å². The highest BCUT2D eigenvalue weighted by Gasteiger charge is 1.99. The lowest BCUT2D eigenvalue weighted by molar-refractivity contribution is 0.685. The smallest absolute Gasteiger partial charge is 0.0475 e. The van der Waals surface area contributed by atoms with Crippen LogP contribution < -0.4 is 0 Å². The molecule has 0 atom stereocenters. The van der Waals surface area contributed by atoms with Crippen LogP contribution in [0.15, 0.2) is 23.9 Å². The molecule has 0 saturated carbocycles. The van der Waals surface area contributed by atoms with Gasteiger partial charge >= 0.3 is 0 Å². The summed E-state index contributed by atoms with van der Waals surface area (Å²) in [7, 11) is 0. The molecular formula is C8H13NS. The molecule has 10 heavy (non-hydrogen) atoms. The second-order valence-electron chi connectivity index (χ2n) is 2.23. The molecule has 2 heteroatoms. The highest BCUT2D eigenvalue weighted by molar-refractivity contribution is 7.96. The van der Waals surface area contributed by atoms with Crippen LogP contribution in [0.3, 0.4) is 0 Å². The van der Waals surface area contributed by atoms with E-state index >= 15 is 0 Å². The summed E-state index contributed by atoms with van der Waals surface area (Å²) in [5.41, 5.74) is 1.45. The van der Waals surface area contributed by atoms with Gasteiger partial charge in [-0.3, -0.25) is 0 Å². The minimum atomic E-state index is 1.06. The van der Waals surface area contributed by atoms with Crippen LogP contribution in [0.1, 0.15) is 13.3 Å². The highest BCUT2D eigenvalue weighted by Crippen LogP contribution is 2.14. The van der Waals surface area contributed by atoms with E-state index < -0.39 is 0 Å². The molecule has 0 aliphatic carbocycles. The molecule has 0 aromatic rings. The quantitative estimate of drug-likeness (QED) is 0.563. The first-order chi connectivity index (χ1) is 4.86. The van der Waals surface area contributed by atoms with Crippen LogP contribution in [0.2, 0.25) is 0 Å². The number of allylic oxidation sites excluding steroid dienone is 2. The topological polar surface area (TPSA) is 3.24 Å². The van der Waals surface area contributed by atoms with Crippen LogP contribution in [0.25, 0.3) is 0 Å². The third kappa shape index (κ3) is 1.81. The van der Waals surface area contributed by atoms with Crippen molar-refractivity contribution in [2.45, 2.75) is 13.3 Å². The van der Waals surface area contributed by atoms with Crippen molar-refractivity contribution < 1.29 is 0 Å². The average molecular weight is 155 g/mol. The molecule has 0 N–H and O–H groups in total. The maximum atomic E-state index is 2.27. The largest absolute Gasteiger partial charge is 0.320 e. The maximum Gasteiger partial charge on any atom is 0.0475 e. The Labute approximate surface area is 66.9 Å². The Morgan fingerprint density at radius 1 is 1.70 bits per heavy atom. The average Bonchev–Trinajstić information content (AvgIpc) is 2.05. The molecule has 0 aromatic carbocycles. The Morgan fingerprint density at radius 3 is 2.90 bits per heavy atom. The van der Waals surface area contributed by atoms with Crippen LogP contribution in [0, 0.1) is 0 Å². The Balaban J connectivity index is 2.46. The minimum Gasteiger partial charge on any atom is -0.320 e. The van der Waals surface area contributed by atoms with E-state index in [1.807, 2.05) is 0 Å². The van der Waals surface area contributed by atoms with Gasteiger partial charge in [-0.15, -0.1) is 0 Å². The lowest BCUT2D eigenvalue weighted by Gasteiger charge is -2.18. The van der Waals surface area contributed by atoms with E-state index in [9.17, 15) is 0 Å². The summed E-state index contributed by atoms with van der Waals surface area (Å²) >= 11 is 1.76. The first-order valence-electron chi connectivity index (χ1n) is 3.54. The fraction of sp³-hybridized carbons (Fsp3) is 0.500. The van der Waals surface area contributed by atoms with E-state index in [2.05, 4.69) is 35.8 Å². The van der Waals surface area contributed by atoms with Gasteiger partial charge in [0.2, 0.25) is 0 Å². The fourth-order valence-corrected chi connectivity index (χ4v) is 1.32. The molecule has 0 spiro atoms. The van der Waals surface area contributed by atoms with Crippen molar-refractivity contribution in [1.29, 1.82) is 0 Å². The predicted molar refractivity (Wildman–Crippen MR) is 47.7 cm³/mol. The Hall–Kier alpha value is -0.370. The lowest BCUT2D eigenvalue weighted by atomic mass is 10.1. The Morgan fingerprint density at radius 2 is 2.50 bits per heavy atom. The van der Waals surface area contributed by atoms with Gasteiger partial charge in [-0.1, -0.05) is 24.9 Å². The summed E-state index contributed by atoms with van der Waals surface area (Å²) in [6.45, 7) is 3.24. The van der Waals surface area contributed by atoms with Crippen LogP contribution in [0.4, 0.5) is 0 Å². The molecule has 1 heterocycles. The molecule has 0 saturated heterocycles. The Bertz CT molecular complexity index is 161. The van der Waals surface area contributed by atoms with Crippen LogP contribution >= 0.6 is 11.9 Å². The second-order valence-corrected chi connectivity index (χ2v) is 3.06. The summed E-state index contributed by atoms with van der Waals surface area (Å²) in [6, 6.07) is 0. The third-order valence-corrected chi connectivity index (χ3v) is 2.37. The second kappa shape index (κ2) is 3.71. The van der Waals surface area contributed by atoms with Crippen molar-refractivity contribution in [3.8, 4) is 0 Å². The maximum absolute atomic E-state index is 2.27. The normalized spacial score (nSPS) is 17.4. The van der Waals surface area contributed by atoms with E-state index in [1.165, 1.54) is 5.57 Å². The number of hydrogen-bond acceptors (Lipinski definition) is 2. The Kier molecular flexibility index (Phi) is 2.87. The van der Waals surface area contributed by atoms with Gasteiger partial charge in [0.05, 0.1) is 0 Å². The molecule has 0 fully saturated rings. The van der Waals surface area contributed by atoms with Gasteiger partial charge < -0.3 is 4.31 Å². The molecule has 0 unspecified atom stereocenters. The summed E-state index contributed by atoms with van der Waals surface area (Å²) in [5, 5.41) is 0. The molecular weight excluding hydrogens is 142 g/mol. The van der Waals surface area contributed by atoms with Gasteiger partial charge in [0.15, 0.2) is 0 Å². The summed E-state index contributed by atoms with van der Waals surface area (Å²) in [4.78, 5) is 0. The summed E-state index contributed by atoms with van der Waals surface area (Å²) in [5.74, 6) is 0.